The van der Waals surface area contributed by atoms with Crippen molar-refractivity contribution in [3.05, 3.63) is 93.5 Å². The molecule has 0 aliphatic carbocycles. The maximum absolute atomic E-state index is 13.3. The van der Waals surface area contributed by atoms with Crippen LogP contribution in [0.2, 0.25) is 5.02 Å². The summed E-state index contributed by atoms with van der Waals surface area (Å²) in [6.07, 6.45) is 1.37. The number of imide groups is 2. The molecule has 1 heterocycles. The molecule has 0 bridgehead atoms. The molecule has 4 rings (SSSR count). The van der Waals surface area contributed by atoms with E-state index in [1.54, 1.807) is 25.1 Å². The number of aryl methyl sites for hydroxylation is 2. The molecule has 1 fully saturated rings. The highest BCUT2D eigenvalue weighted by atomic mass is 35.5. The fourth-order valence-corrected chi connectivity index (χ4v) is 3.97. The molecular formula is C27H23ClN2O5. The van der Waals surface area contributed by atoms with E-state index < -0.39 is 17.8 Å². The Hall–Kier alpha value is -4.10. The van der Waals surface area contributed by atoms with E-state index in [1.807, 2.05) is 49.4 Å². The number of hydrogen-bond donors (Lipinski definition) is 1. The van der Waals surface area contributed by atoms with E-state index in [-0.39, 0.29) is 17.2 Å². The van der Waals surface area contributed by atoms with E-state index in [4.69, 9.17) is 21.1 Å². The van der Waals surface area contributed by atoms with Crippen LogP contribution < -0.4 is 19.7 Å². The van der Waals surface area contributed by atoms with Crippen molar-refractivity contribution >= 4 is 41.2 Å². The van der Waals surface area contributed by atoms with E-state index in [9.17, 15) is 14.4 Å². The highest BCUT2D eigenvalue weighted by molar-refractivity contribution is 6.39. The number of rotatable bonds is 6. The highest BCUT2D eigenvalue weighted by Crippen LogP contribution is 2.38. The molecule has 1 aliphatic rings. The summed E-state index contributed by atoms with van der Waals surface area (Å²) in [4.78, 5) is 39.4. The summed E-state index contributed by atoms with van der Waals surface area (Å²) in [7, 11) is 1.47. The van der Waals surface area contributed by atoms with Crippen LogP contribution in [0.4, 0.5) is 10.5 Å². The maximum Gasteiger partial charge on any atom is 0.335 e. The van der Waals surface area contributed by atoms with Crippen molar-refractivity contribution in [2.24, 2.45) is 0 Å². The fourth-order valence-electron chi connectivity index (χ4n) is 3.70. The Morgan fingerprint density at radius 2 is 1.74 bits per heavy atom. The first-order valence-corrected chi connectivity index (χ1v) is 11.2. The molecular weight excluding hydrogens is 468 g/mol. The lowest BCUT2D eigenvalue weighted by atomic mass is 10.0. The summed E-state index contributed by atoms with van der Waals surface area (Å²) in [5.41, 5.74) is 3.19. The van der Waals surface area contributed by atoms with Crippen molar-refractivity contribution in [1.29, 1.82) is 0 Å². The molecule has 35 heavy (non-hydrogen) atoms. The summed E-state index contributed by atoms with van der Waals surface area (Å²) in [6, 6.07) is 17.4. The first-order valence-electron chi connectivity index (χ1n) is 10.8. The molecule has 3 aromatic carbocycles. The number of amides is 4. The van der Waals surface area contributed by atoms with Gasteiger partial charge in [-0.05, 0) is 60.4 Å². The van der Waals surface area contributed by atoms with Crippen LogP contribution in [0, 0.1) is 13.8 Å². The SMILES string of the molecule is COc1cc(/C=C2\C(=O)NC(=O)N(c3cc(C)ccc3C)C2=O)cc(Cl)c1OCc1ccccc1. The lowest BCUT2D eigenvalue weighted by molar-refractivity contribution is -0.122. The second kappa shape index (κ2) is 10.0. The van der Waals surface area contributed by atoms with Gasteiger partial charge < -0.3 is 9.47 Å². The lowest BCUT2D eigenvalue weighted by Gasteiger charge is -2.27. The molecule has 8 heteroatoms. The number of anilines is 1. The number of urea groups is 1. The maximum atomic E-state index is 13.3. The van der Waals surface area contributed by atoms with E-state index >= 15 is 0 Å². The number of ether oxygens (including phenoxy) is 2. The summed E-state index contributed by atoms with van der Waals surface area (Å²) in [5.74, 6) is -0.841. The fraction of sp³-hybridized carbons (Fsp3) is 0.148. The molecule has 3 aromatic rings. The average molecular weight is 491 g/mol. The van der Waals surface area contributed by atoms with Crippen LogP contribution in [0.5, 0.6) is 11.5 Å². The molecule has 1 aliphatic heterocycles. The number of hydrogen-bond acceptors (Lipinski definition) is 5. The van der Waals surface area contributed by atoms with Gasteiger partial charge in [-0.15, -0.1) is 0 Å². The van der Waals surface area contributed by atoms with Gasteiger partial charge in [-0.3, -0.25) is 14.9 Å². The Kier molecular flexibility index (Phi) is 6.89. The predicted octanol–water partition coefficient (Wildman–Crippen LogP) is 5.21. The van der Waals surface area contributed by atoms with Gasteiger partial charge in [0.1, 0.15) is 12.2 Å². The third kappa shape index (κ3) is 5.05. The Labute approximate surface area is 207 Å². The van der Waals surface area contributed by atoms with Gasteiger partial charge in [0.2, 0.25) is 0 Å². The molecule has 0 unspecified atom stereocenters. The topological polar surface area (TPSA) is 84.9 Å². The number of benzene rings is 3. The Morgan fingerprint density at radius 3 is 2.46 bits per heavy atom. The molecule has 4 amide bonds. The predicted molar refractivity (Wildman–Crippen MR) is 134 cm³/mol. The molecule has 1 saturated heterocycles. The van der Waals surface area contributed by atoms with Crippen LogP contribution in [0.25, 0.3) is 6.08 Å². The third-order valence-electron chi connectivity index (χ3n) is 5.50. The van der Waals surface area contributed by atoms with Gasteiger partial charge in [0.05, 0.1) is 17.8 Å². The summed E-state index contributed by atoms with van der Waals surface area (Å²) in [6.45, 7) is 3.92. The minimum Gasteiger partial charge on any atom is -0.493 e. The quantitative estimate of drug-likeness (QED) is 0.378. The molecule has 0 saturated carbocycles. The van der Waals surface area contributed by atoms with Crippen LogP contribution in [-0.2, 0) is 16.2 Å². The third-order valence-corrected chi connectivity index (χ3v) is 5.78. The van der Waals surface area contributed by atoms with Crippen molar-refractivity contribution in [1.82, 2.24) is 5.32 Å². The number of nitrogens with one attached hydrogen (secondary N) is 1. The summed E-state index contributed by atoms with van der Waals surface area (Å²) >= 11 is 6.47. The first kappa shape index (κ1) is 24.0. The number of carbonyl (C=O) groups is 3. The molecule has 0 atom stereocenters. The van der Waals surface area contributed by atoms with Crippen molar-refractivity contribution < 1.29 is 23.9 Å². The van der Waals surface area contributed by atoms with E-state index in [1.165, 1.54) is 13.2 Å². The van der Waals surface area contributed by atoms with Gasteiger partial charge in [-0.1, -0.05) is 54.1 Å². The largest absolute Gasteiger partial charge is 0.493 e. The minimum atomic E-state index is -0.800. The highest BCUT2D eigenvalue weighted by Gasteiger charge is 2.37. The monoisotopic (exact) mass is 490 g/mol. The van der Waals surface area contributed by atoms with Crippen molar-refractivity contribution in [2.75, 3.05) is 12.0 Å². The number of methoxy groups -OCH3 is 1. The van der Waals surface area contributed by atoms with Gasteiger partial charge in [0.25, 0.3) is 11.8 Å². The minimum absolute atomic E-state index is 0.207. The number of halogens is 1. The van der Waals surface area contributed by atoms with Crippen LogP contribution in [0.1, 0.15) is 22.3 Å². The van der Waals surface area contributed by atoms with Gasteiger partial charge >= 0.3 is 6.03 Å². The molecule has 0 radical (unpaired) electrons. The average Bonchev–Trinajstić information content (AvgIpc) is 2.83. The van der Waals surface area contributed by atoms with Gasteiger partial charge in [0.15, 0.2) is 11.5 Å². The molecule has 7 nitrogen and oxygen atoms in total. The van der Waals surface area contributed by atoms with Crippen molar-refractivity contribution in [3.63, 3.8) is 0 Å². The molecule has 1 N–H and O–H groups in total. The summed E-state index contributed by atoms with van der Waals surface area (Å²) in [5, 5.41) is 2.49. The van der Waals surface area contributed by atoms with Crippen molar-refractivity contribution in [2.45, 2.75) is 20.5 Å². The second-order valence-corrected chi connectivity index (χ2v) is 8.46. The molecule has 178 valence electrons. The standard InChI is InChI=1S/C27H23ClN2O5/c1-16-9-10-17(2)22(11-16)30-26(32)20(25(31)29-27(30)33)12-19-13-21(28)24(23(14-19)34-3)35-15-18-7-5-4-6-8-18/h4-14H,15H2,1-3H3,(H,29,31,33)/b20-12+. The second-order valence-electron chi connectivity index (χ2n) is 8.06. The van der Waals surface area contributed by atoms with E-state index in [0.717, 1.165) is 21.6 Å². The number of barbiturate groups is 1. The first-order chi connectivity index (χ1) is 16.8. The van der Waals surface area contributed by atoms with E-state index in [2.05, 4.69) is 5.32 Å². The normalized spacial score (nSPS) is 14.8. The zero-order chi connectivity index (χ0) is 25.1. The molecule has 0 spiro atoms. The zero-order valence-corrected chi connectivity index (χ0v) is 20.2. The van der Waals surface area contributed by atoms with E-state index in [0.29, 0.717) is 22.7 Å². The number of nitrogens with zero attached hydrogens (tertiary/aromatic N) is 1. The van der Waals surface area contributed by atoms with Crippen LogP contribution >= 0.6 is 11.6 Å². The Morgan fingerprint density at radius 1 is 1.00 bits per heavy atom. The Balaban J connectivity index is 1.67. The van der Waals surface area contributed by atoms with Crippen LogP contribution in [0.3, 0.4) is 0 Å². The lowest BCUT2D eigenvalue weighted by Crippen LogP contribution is -2.54. The summed E-state index contributed by atoms with van der Waals surface area (Å²) < 4.78 is 11.3. The number of carbonyl (C=O) groups excluding carboxylic acids is 3. The van der Waals surface area contributed by atoms with Crippen LogP contribution in [0.15, 0.2) is 66.2 Å². The Bertz CT molecular complexity index is 1350. The van der Waals surface area contributed by atoms with Gasteiger partial charge in [-0.25, -0.2) is 9.69 Å². The van der Waals surface area contributed by atoms with Gasteiger partial charge in [0, 0.05) is 0 Å². The van der Waals surface area contributed by atoms with Crippen molar-refractivity contribution in [3.8, 4) is 11.5 Å². The van der Waals surface area contributed by atoms with Crippen LogP contribution in [-0.4, -0.2) is 25.0 Å². The smallest absolute Gasteiger partial charge is 0.335 e. The zero-order valence-electron chi connectivity index (χ0n) is 19.4. The molecule has 0 aromatic heterocycles. The van der Waals surface area contributed by atoms with Gasteiger partial charge in [-0.2, -0.15) is 0 Å².